The monoisotopic (exact) mass is 410 g/mol. The van der Waals surface area contributed by atoms with E-state index >= 15 is 0 Å². The van der Waals surface area contributed by atoms with Crippen LogP contribution in [0.5, 0.6) is 5.75 Å². The second-order valence-electron chi connectivity index (χ2n) is 5.85. The maximum absolute atomic E-state index is 12.9. The predicted octanol–water partition coefficient (Wildman–Crippen LogP) is 1.81. The van der Waals surface area contributed by atoms with Gasteiger partial charge >= 0.3 is 5.97 Å². The summed E-state index contributed by atoms with van der Waals surface area (Å²) in [5, 5.41) is 7.49. The fourth-order valence-corrected chi connectivity index (χ4v) is 2.58. The van der Waals surface area contributed by atoms with Crippen molar-refractivity contribution < 1.29 is 31.9 Å². The van der Waals surface area contributed by atoms with Crippen molar-refractivity contribution in [2.75, 3.05) is 5.32 Å². The molecule has 2 aromatic rings. The van der Waals surface area contributed by atoms with E-state index in [1.165, 1.54) is 62.4 Å². The Hall–Kier alpha value is -2.98. The van der Waals surface area contributed by atoms with E-state index in [0.717, 1.165) is 0 Å². The van der Waals surface area contributed by atoms with Crippen LogP contribution in [0.3, 0.4) is 0 Å². The van der Waals surface area contributed by atoms with Crippen molar-refractivity contribution in [3.8, 4) is 5.75 Å². The highest BCUT2D eigenvalue weighted by Gasteiger charge is 2.23. The lowest BCUT2D eigenvalue weighted by Gasteiger charge is -2.18. The van der Waals surface area contributed by atoms with Gasteiger partial charge in [0.1, 0.15) is 11.6 Å². The number of esters is 1. The second kappa shape index (κ2) is 8.81. The Morgan fingerprint density at radius 3 is 2.11 bits per heavy atom. The third-order valence-electron chi connectivity index (χ3n) is 3.57. The van der Waals surface area contributed by atoms with Gasteiger partial charge in [-0.25, -0.2) is 22.7 Å². The predicted molar refractivity (Wildman–Crippen MR) is 98.5 cm³/mol. The molecule has 2 rings (SSSR count). The van der Waals surface area contributed by atoms with Crippen LogP contribution in [0.4, 0.5) is 10.1 Å². The van der Waals surface area contributed by atoms with Gasteiger partial charge in [0.25, 0.3) is 5.91 Å². The van der Waals surface area contributed by atoms with Crippen LogP contribution in [0.15, 0.2) is 53.4 Å². The van der Waals surface area contributed by atoms with E-state index in [1.807, 2.05) is 0 Å². The van der Waals surface area contributed by atoms with Crippen molar-refractivity contribution in [1.82, 2.24) is 0 Å². The highest BCUT2D eigenvalue weighted by molar-refractivity contribution is 7.89. The first-order valence-electron chi connectivity index (χ1n) is 8.12. The van der Waals surface area contributed by atoms with Crippen molar-refractivity contribution in [3.63, 3.8) is 0 Å². The molecule has 2 atom stereocenters. The van der Waals surface area contributed by atoms with Crippen LogP contribution in [0, 0.1) is 5.82 Å². The SMILES string of the molecule is C[C@@H](OC(=O)[C@@H](C)Oc1ccc(F)cc1)C(=O)Nc1ccc(S(N)(=O)=O)cc1. The molecule has 0 saturated heterocycles. The van der Waals surface area contributed by atoms with E-state index in [9.17, 15) is 22.4 Å². The summed E-state index contributed by atoms with van der Waals surface area (Å²) in [4.78, 5) is 24.1. The van der Waals surface area contributed by atoms with Crippen LogP contribution in [-0.4, -0.2) is 32.5 Å². The van der Waals surface area contributed by atoms with E-state index in [2.05, 4.69) is 5.32 Å². The zero-order valence-electron chi connectivity index (χ0n) is 15.1. The van der Waals surface area contributed by atoms with Gasteiger partial charge in [-0.05, 0) is 62.4 Å². The van der Waals surface area contributed by atoms with Crippen LogP contribution >= 0.6 is 0 Å². The minimum atomic E-state index is -3.83. The highest BCUT2D eigenvalue weighted by atomic mass is 32.2. The molecule has 28 heavy (non-hydrogen) atoms. The molecule has 0 saturated carbocycles. The molecular weight excluding hydrogens is 391 g/mol. The first-order chi connectivity index (χ1) is 13.1. The second-order valence-corrected chi connectivity index (χ2v) is 7.41. The lowest BCUT2D eigenvalue weighted by atomic mass is 10.3. The van der Waals surface area contributed by atoms with Crippen molar-refractivity contribution in [3.05, 3.63) is 54.3 Å². The van der Waals surface area contributed by atoms with Gasteiger partial charge in [0, 0.05) is 5.69 Å². The number of sulfonamides is 1. The smallest absolute Gasteiger partial charge is 0.347 e. The average Bonchev–Trinajstić information content (AvgIpc) is 2.63. The number of nitrogens with two attached hydrogens (primary N) is 1. The molecule has 2 aromatic carbocycles. The molecule has 0 unspecified atom stereocenters. The van der Waals surface area contributed by atoms with Gasteiger partial charge in [-0.1, -0.05) is 0 Å². The molecule has 150 valence electrons. The fraction of sp³-hybridized carbons (Fsp3) is 0.222. The Morgan fingerprint density at radius 1 is 1.00 bits per heavy atom. The highest BCUT2D eigenvalue weighted by Crippen LogP contribution is 2.15. The summed E-state index contributed by atoms with van der Waals surface area (Å²) in [6, 6.07) is 10.3. The molecule has 0 fully saturated rings. The molecule has 1 amide bonds. The maximum Gasteiger partial charge on any atom is 0.347 e. The molecule has 0 heterocycles. The molecule has 0 aliphatic rings. The van der Waals surface area contributed by atoms with Gasteiger partial charge in [0.05, 0.1) is 4.90 Å². The number of primary sulfonamides is 1. The van der Waals surface area contributed by atoms with Crippen LogP contribution < -0.4 is 15.2 Å². The summed E-state index contributed by atoms with van der Waals surface area (Å²) in [5.41, 5.74) is 0.302. The summed E-state index contributed by atoms with van der Waals surface area (Å²) in [6.07, 6.45) is -2.15. The Kier molecular flexibility index (Phi) is 6.71. The standard InChI is InChI=1S/C18H19FN2O6S/c1-11(17(22)21-14-5-9-16(10-6-14)28(20,24)25)27-18(23)12(2)26-15-7-3-13(19)4-8-15/h3-12H,1-2H3,(H,21,22)(H2,20,24,25)/t11-,12-/m1/s1. The molecule has 0 bridgehead atoms. The number of amides is 1. The molecule has 0 aliphatic carbocycles. The summed E-state index contributed by atoms with van der Waals surface area (Å²) < 4.78 is 45.7. The number of hydrogen-bond acceptors (Lipinski definition) is 6. The molecule has 0 aliphatic heterocycles. The van der Waals surface area contributed by atoms with Gasteiger partial charge in [-0.2, -0.15) is 0 Å². The van der Waals surface area contributed by atoms with Crippen molar-refractivity contribution >= 4 is 27.6 Å². The summed E-state index contributed by atoms with van der Waals surface area (Å²) in [5.74, 6) is -1.56. The number of carbonyl (C=O) groups is 2. The largest absolute Gasteiger partial charge is 0.479 e. The fourth-order valence-electron chi connectivity index (χ4n) is 2.06. The van der Waals surface area contributed by atoms with Crippen molar-refractivity contribution in [2.24, 2.45) is 5.14 Å². The maximum atomic E-state index is 12.9. The number of nitrogens with one attached hydrogen (secondary N) is 1. The number of hydrogen-bond donors (Lipinski definition) is 2. The van der Waals surface area contributed by atoms with Crippen molar-refractivity contribution in [2.45, 2.75) is 31.0 Å². The van der Waals surface area contributed by atoms with E-state index < -0.39 is 39.9 Å². The molecule has 8 nitrogen and oxygen atoms in total. The third-order valence-corrected chi connectivity index (χ3v) is 4.50. The van der Waals surface area contributed by atoms with E-state index in [0.29, 0.717) is 5.69 Å². The van der Waals surface area contributed by atoms with Gasteiger partial charge < -0.3 is 14.8 Å². The Bertz CT molecular complexity index is 945. The summed E-state index contributed by atoms with van der Waals surface area (Å²) >= 11 is 0. The van der Waals surface area contributed by atoms with E-state index in [4.69, 9.17) is 14.6 Å². The normalized spacial score (nSPS) is 13.3. The van der Waals surface area contributed by atoms with Crippen LogP contribution in [0.25, 0.3) is 0 Å². The van der Waals surface area contributed by atoms with Gasteiger partial charge in [0.15, 0.2) is 12.2 Å². The molecular formula is C18H19FN2O6S. The van der Waals surface area contributed by atoms with Crippen LogP contribution in [-0.2, 0) is 24.3 Å². The van der Waals surface area contributed by atoms with E-state index in [-0.39, 0.29) is 10.6 Å². The molecule has 0 spiro atoms. The average molecular weight is 410 g/mol. The lowest BCUT2D eigenvalue weighted by molar-refractivity contribution is -0.159. The Morgan fingerprint density at radius 2 is 1.57 bits per heavy atom. The number of anilines is 1. The minimum absolute atomic E-state index is 0.100. The summed E-state index contributed by atoms with van der Waals surface area (Å²) in [7, 11) is -3.83. The number of benzene rings is 2. The Balaban J connectivity index is 1.90. The third kappa shape index (κ3) is 6.03. The van der Waals surface area contributed by atoms with Crippen LogP contribution in [0.2, 0.25) is 0 Å². The number of rotatable bonds is 7. The minimum Gasteiger partial charge on any atom is -0.479 e. The van der Waals surface area contributed by atoms with Gasteiger partial charge in [-0.15, -0.1) is 0 Å². The molecule has 3 N–H and O–H groups in total. The topological polar surface area (TPSA) is 125 Å². The zero-order valence-corrected chi connectivity index (χ0v) is 15.9. The van der Waals surface area contributed by atoms with Gasteiger partial charge in [-0.3, -0.25) is 4.79 Å². The molecule has 0 aromatic heterocycles. The summed E-state index contributed by atoms with van der Waals surface area (Å²) in [6.45, 7) is 2.80. The van der Waals surface area contributed by atoms with Gasteiger partial charge in [0.2, 0.25) is 10.0 Å². The molecule has 0 radical (unpaired) electrons. The lowest BCUT2D eigenvalue weighted by Crippen LogP contribution is -2.35. The van der Waals surface area contributed by atoms with E-state index in [1.54, 1.807) is 0 Å². The number of ether oxygens (including phenoxy) is 2. The first kappa shape index (κ1) is 21.3. The van der Waals surface area contributed by atoms with Crippen LogP contribution in [0.1, 0.15) is 13.8 Å². The number of carbonyl (C=O) groups excluding carboxylic acids is 2. The van der Waals surface area contributed by atoms with Crippen molar-refractivity contribution in [1.29, 1.82) is 0 Å². The Labute approximate surface area is 161 Å². The quantitative estimate of drug-likeness (QED) is 0.671. The number of halogens is 1. The molecule has 10 heteroatoms. The zero-order chi connectivity index (χ0) is 20.9. The first-order valence-corrected chi connectivity index (χ1v) is 9.67.